The Kier molecular flexibility index (Phi) is 4.98. The van der Waals surface area contributed by atoms with E-state index in [1.54, 1.807) is 19.1 Å². The van der Waals surface area contributed by atoms with Gasteiger partial charge in [0.15, 0.2) is 0 Å². The first-order valence-corrected chi connectivity index (χ1v) is 8.64. The molecule has 1 amide bonds. The zero-order valence-electron chi connectivity index (χ0n) is 15.6. The lowest BCUT2D eigenvalue weighted by molar-refractivity contribution is -0.284. The quantitative estimate of drug-likeness (QED) is 0.696. The van der Waals surface area contributed by atoms with Crippen molar-refractivity contribution in [2.45, 2.75) is 51.8 Å². The summed E-state index contributed by atoms with van der Waals surface area (Å²) in [5, 5.41) is 23.5. The molecule has 3 N–H and O–H groups in total. The molecular formula is C19H23NO7. The maximum atomic E-state index is 12.0. The third-order valence-electron chi connectivity index (χ3n) is 4.93. The monoisotopic (exact) mass is 377 g/mol. The molecule has 0 saturated carbocycles. The van der Waals surface area contributed by atoms with Crippen molar-refractivity contribution in [2.24, 2.45) is 5.92 Å². The highest BCUT2D eigenvalue weighted by molar-refractivity contribution is 5.91. The minimum Gasteiger partial charge on any atom is -0.462 e. The van der Waals surface area contributed by atoms with Crippen molar-refractivity contribution < 1.29 is 28.9 Å². The van der Waals surface area contributed by atoms with Gasteiger partial charge in [0, 0.05) is 24.3 Å². The number of fused-ring (bicyclic) bond motifs is 1. The van der Waals surface area contributed by atoms with Crippen LogP contribution in [0.2, 0.25) is 0 Å². The predicted octanol–water partition coefficient (Wildman–Crippen LogP) is 1.62. The standard InChI is InChI=1S/C19H23NO7/c1-9-15(22)16(23)18(27-19(9,3)4)25-12-6-5-11-7-13(20-10(2)21)17(24)26-14(11)8-12/h5-9,15-16,18,22-23H,1-4H3,(H,20,21)/t9-,15-,16?,18-/m1/s1. The lowest BCUT2D eigenvalue weighted by Gasteiger charge is -2.46. The van der Waals surface area contributed by atoms with E-state index in [0.29, 0.717) is 11.1 Å². The van der Waals surface area contributed by atoms with E-state index < -0.39 is 29.7 Å². The van der Waals surface area contributed by atoms with Gasteiger partial charge in [-0.1, -0.05) is 6.92 Å². The number of hydrogen-bond donors (Lipinski definition) is 3. The Hall–Kier alpha value is -2.42. The number of aliphatic hydroxyl groups is 2. The zero-order valence-corrected chi connectivity index (χ0v) is 15.6. The van der Waals surface area contributed by atoms with Gasteiger partial charge in [-0.3, -0.25) is 4.79 Å². The maximum absolute atomic E-state index is 12.0. The topological polar surface area (TPSA) is 118 Å². The third kappa shape index (κ3) is 3.83. The second kappa shape index (κ2) is 6.95. The Morgan fingerprint density at radius 2 is 1.93 bits per heavy atom. The van der Waals surface area contributed by atoms with Gasteiger partial charge in [-0.2, -0.15) is 0 Å². The van der Waals surface area contributed by atoms with E-state index in [4.69, 9.17) is 13.9 Å². The fourth-order valence-corrected chi connectivity index (χ4v) is 3.01. The van der Waals surface area contributed by atoms with Crippen LogP contribution in [-0.4, -0.2) is 40.2 Å². The van der Waals surface area contributed by atoms with E-state index in [-0.39, 0.29) is 23.1 Å². The third-order valence-corrected chi connectivity index (χ3v) is 4.93. The number of aliphatic hydroxyl groups excluding tert-OH is 2. The summed E-state index contributed by atoms with van der Waals surface area (Å²) in [6, 6.07) is 6.26. The highest BCUT2D eigenvalue weighted by Gasteiger charge is 2.47. The Morgan fingerprint density at radius 1 is 1.22 bits per heavy atom. The fourth-order valence-electron chi connectivity index (χ4n) is 3.01. The Bertz CT molecular complexity index is 920. The molecule has 8 nitrogen and oxygen atoms in total. The van der Waals surface area contributed by atoms with Crippen molar-refractivity contribution >= 4 is 22.6 Å². The SMILES string of the molecule is CC(=O)Nc1cc2ccc(O[C@@H]3OC(C)(C)[C@H](C)[C@@H](O)C3O)cc2oc1=O. The first-order valence-electron chi connectivity index (χ1n) is 8.64. The molecule has 1 aliphatic heterocycles. The molecule has 3 rings (SSSR count). The van der Waals surface area contributed by atoms with Gasteiger partial charge < -0.3 is 29.4 Å². The summed E-state index contributed by atoms with van der Waals surface area (Å²) in [5.41, 5.74) is -1.08. The van der Waals surface area contributed by atoms with Crippen LogP contribution in [0.5, 0.6) is 5.75 Å². The number of rotatable bonds is 3. The number of carbonyl (C=O) groups excluding carboxylic acids is 1. The molecule has 0 bridgehead atoms. The average Bonchev–Trinajstić information content (AvgIpc) is 2.58. The molecule has 0 spiro atoms. The smallest absolute Gasteiger partial charge is 0.360 e. The number of carbonyl (C=O) groups is 1. The van der Waals surface area contributed by atoms with Crippen molar-refractivity contribution in [3.8, 4) is 5.75 Å². The minimum absolute atomic E-state index is 0.0496. The van der Waals surface area contributed by atoms with Crippen LogP contribution in [0, 0.1) is 5.92 Å². The molecule has 1 unspecified atom stereocenters. The van der Waals surface area contributed by atoms with E-state index in [1.165, 1.54) is 19.1 Å². The number of anilines is 1. The molecule has 2 aromatic rings. The fraction of sp³-hybridized carbons (Fsp3) is 0.474. The van der Waals surface area contributed by atoms with E-state index in [1.807, 2.05) is 13.8 Å². The predicted molar refractivity (Wildman–Crippen MR) is 97.5 cm³/mol. The second-order valence-corrected chi connectivity index (χ2v) is 7.31. The van der Waals surface area contributed by atoms with E-state index in [2.05, 4.69) is 5.32 Å². The molecule has 1 aromatic heterocycles. The molecule has 146 valence electrons. The second-order valence-electron chi connectivity index (χ2n) is 7.31. The van der Waals surface area contributed by atoms with Crippen LogP contribution in [0.3, 0.4) is 0 Å². The van der Waals surface area contributed by atoms with Gasteiger partial charge in [0.2, 0.25) is 12.2 Å². The molecule has 1 saturated heterocycles. The van der Waals surface area contributed by atoms with Gasteiger partial charge in [-0.05, 0) is 32.0 Å². The summed E-state index contributed by atoms with van der Waals surface area (Å²) in [5.74, 6) is -0.353. The summed E-state index contributed by atoms with van der Waals surface area (Å²) in [6.45, 7) is 6.71. The molecule has 2 heterocycles. The summed E-state index contributed by atoms with van der Waals surface area (Å²) < 4.78 is 16.7. The number of benzene rings is 1. The Labute approximate surface area is 155 Å². The van der Waals surface area contributed by atoms with Crippen molar-refractivity contribution in [2.75, 3.05) is 5.32 Å². The molecule has 0 radical (unpaired) electrons. The van der Waals surface area contributed by atoms with Crippen molar-refractivity contribution in [1.29, 1.82) is 0 Å². The Morgan fingerprint density at radius 3 is 2.59 bits per heavy atom. The molecule has 0 aliphatic carbocycles. The highest BCUT2D eigenvalue weighted by atomic mass is 16.7. The van der Waals surface area contributed by atoms with Gasteiger partial charge in [0.1, 0.15) is 23.1 Å². The number of amides is 1. The largest absolute Gasteiger partial charge is 0.462 e. The van der Waals surface area contributed by atoms with Crippen molar-refractivity contribution in [3.63, 3.8) is 0 Å². The zero-order chi connectivity index (χ0) is 19.9. The van der Waals surface area contributed by atoms with E-state index in [0.717, 1.165) is 0 Å². The van der Waals surface area contributed by atoms with Crippen LogP contribution in [0.15, 0.2) is 33.5 Å². The van der Waals surface area contributed by atoms with E-state index in [9.17, 15) is 19.8 Å². The summed E-state index contributed by atoms with van der Waals surface area (Å²) in [6.07, 6.45) is -3.30. The molecule has 27 heavy (non-hydrogen) atoms. The van der Waals surface area contributed by atoms with Gasteiger partial charge >= 0.3 is 5.63 Å². The van der Waals surface area contributed by atoms with Gasteiger partial charge in [-0.15, -0.1) is 0 Å². The lowest BCUT2D eigenvalue weighted by atomic mass is 9.82. The molecule has 1 aromatic carbocycles. The summed E-state index contributed by atoms with van der Waals surface area (Å²) in [4.78, 5) is 23.1. The summed E-state index contributed by atoms with van der Waals surface area (Å²) >= 11 is 0. The number of nitrogens with one attached hydrogen (secondary N) is 1. The van der Waals surface area contributed by atoms with Crippen LogP contribution < -0.4 is 15.7 Å². The highest BCUT2D eigenvalue weighted by Crippen LogP contribution is 2.35. The van der Waals surface area contributed by atoms with Crippen LogP contribution in [-0.2, 0) is 9.53 Å². The van der Waals surface area contributed by atoms with Crippen LogP contribution in [0.25, 0.3) is 11.0 Å². The molecule has 1 fully saturated rings. The maximum Gasteiger partial charge on any atom is 0.360 e. The normalized spacial score (nSPS) is 27.3. The van der Waals surface area contributed by atoms with E-state index >= 15 is 0 Å². The van der Waals surface area contributed by atoms with Crippen LogP contribution in [0.4, 0.5) is 5.69 Å². The molecule has 8 heteroatoms. The van der Waals surface area contributed by atoms with Crippen molar-refractivity contribution in [3.05, 3.63) is 34.7 Å². The van der Waals surface area contributed by atoms with Crippen LogP contribution >= 0.6 is 0 Å². The van der Waals surface area contributed by atoms with Gasteiger partial charge in [0.05, 0.1) is 11.7 Å². The Balaban J connectivity index is 1.87. The molecule has 1 aliphatic rings. The summed E-state index contributed by atoms with van der Waals surface area (Å²) in [7, 11) is 0. The number of ether oxygens (including phenoxy) is 2. The van der Waals surface area contributed by atoms with Gasteiger partial charge in [-0.25, -0.2) is 4.79 Å². The van der Waals surface area contributed by atoms with Crippen molar-refractivity contribution in [1.82, 2.24) is 0 Å². The van der Waals surface area contributed by atoms with Gasteiger partial charge in [0.25, 0.3) is 0 Å². The first-order chi connectivity index (χ1) is 12.6. The molecular weight excluding hydrogens is 354 g/mol. The minimum atomic E-state index is -1.22. The first kappa shape index (κ1) is 19.3. The van der Waals surface area contributed by atoms with Crippen LogP contribution in [0.1, 0.15) is 27.7 Å². The number of hydrogen-bond acceptors (Lipinski definition) is 7. The lowest BCUT2D eigenvalue weighted by Crippen LogP contribution is -2.59. The molecule has 4 atom stereocenters. The average molecular weight is 377 g/mol.